The second kappa shape index (κ2) is 7.68. The van der Waals surface area contributed by atoms with Crippen LogP contribution < -0.4 is 5.32 Å². The van der Waals surface area contributed by atoms with Gasteiger partial charge >= 0.3 is 5.97 Å². The zero-order chi connectivity index (χ0) is 15.0. The monoisotopic (exact) mass is 277 g/mol. The van der Waals surface area contributed by atoms with Crippen LogP contribution >= 0.6 is 0 Å². The van der Waals surface area contributed by atoms with Crippen molar-refractivity contribution in [2.75, 3.05) is 6.54 Å². The molecule has 1 amide bonds. The maximum Gasteiger partial charge on any atom is 0.303 e. The molecule has 1 aromatic carbocycles. The fourth-order valence-corrected chi connectivity index (χ4v) is 1.95. The summed E-state index contributed by atoms with van der Waals surface area (Å²) in [5, 5.41) is 11.6. The Morgan fingerprint density at radius 1 is 1.15 bits per heavy atom. The van der Waals surface area contributed by atoms with Gasteiger partial charge in [-0.2, -0.15) is 0 Å². The van der Waals surface area contributed by atoms with Crippen molar-refractivity contribution in [3.8, 4) is 0 Å². The Hall–Kier alpha value is -1.84. The number of carbonyl (C=O) groups is 2. The van der Waals surface area contributed by atoms with Gasteiger partial charge in [0.25, 0.3) is 0 Å². The summed E-state index contributed by atoms with van der Waals surface area (Å²) < 4.78 is 0. The van der Waals surface area contributed by atoms with Gasteiger partial charge in [-0.25, -0.2) is 0 Å². The number of benzene rings is 1. The molecule has 20 heavy (non-hydrogen) atoms. The van der Waals surface area contributed by atoms with Gasteiger partial charge < -0.3 is 10.4 Å². The molecule has 1 aromatic rings. The van der Waals surface area contributed by atoms with Crippen molar-refractivity contribution in [3.63, 3.8) is 0 Å². The second-order valence-electron chi connectivity index (χ2n) is 5.82. The van der Waals surface area contributed by atoms with Crippen LogP contribution in [-0.2, 0) is 16.0 Å². The average molecular weight is 277 g/mol. The first-order valence-corrected chi connectivity index (χ1v) is 6.91. The minimum Gasteiger partial charge on any atom is -0.481 e. The van der Waals surface area contributed by atoms with E-state index in [0.29, 0.717) is 19.4 Å². The van der Waals surface area contributed by atoms with Crippen molar-refractivity contribution in [2.45, 2.75) is 39.5 Å². The zero-order valence-electron chi connectivity index (χ0n) is 12.2. The largest absolute Gasteiger partial charge is 0.481 e. The molecule has 0 spiro atoms. The lowest BCUT2D eigenvalue weighted by atomic mass is 9.84. The molecule has 4 heteroatoms. The summed E-state index contributed by atoms with van der Waals surface area (Å²) in [6.07, 6.45) is 1.96. The molecule has 110 valence electrons. The molecule has 4 nitrogen and oxygen atoms in total. The molecular weight excluding hydrogens is 254 g/mol. The van der Waals surface area contributed by atoms with Gasteiger partial charge in [-0.05, 0) is 23.8 Å². The van der Waals surface area contributed by atoms with Crippen LogP contribution in [0.2, 0.25) is 0 Å². The molecule has 0 bridgehead atoms. The van der Waals surface area contributed by atoms with E-state index >= 15 is 0 Å². The molecule has 0 aliphatic rings. The number of rotatable bonds is 8. The normalized spacial score (nSPS) is 11.1. The maximum atomic E-state index is 11.8. The Kier molecular flexibility index (Phi) is 6.22. The topological polar surface area (TPSA) is 66.4 Å². The summed E-state index contributed by atoms with van der Waals surface area (Å²) in [4.78, 5) is 22.3. The van der Waals surface area contributed by atoms with Crippen LogP contribution in [0.4, 0.5) is 0 Å². The van der Waals surface area contributed by atoms with Crippen LogP contribution in [0.25, 0.3) is 0 Å². The smallest absolute Gasteiger partial charge is 0.303 e. The van der Waals surface area contributed by atoms with Gasteiger partial charge in [0.2, 0.25) is 5.91 Å². The lowest BCUT2D eigenvalue weighted by Gasteiger charge is -2.23. The van der Waals surface area contributed by atoms with E-state index < -0.39 is 5.97 Å². The fraction of sp³-hybridized carbons (Fsp3) is 0.500. The van der Waals surface area contributed by atoms with Crippen molar-refractivity contribution in [2.24, 2.45) is 5.41 Å². The number of carbonyl (C=O) groups excluding carboxylic acids is 1. The van der Waals surface area contributed by atoms with Crippen LogP contribution in [0, 0.1) is 5.41 Å². The summed E-state index contributed by atoms with van der Waals surface area (Å²) in [6.45, 7) is 4.64. The molecular formula is C16H23NO3. The first-order chi connectivity index (χ1) is 9.39. The summed E-state index contributed by atoms with van der Waals surface area (Å²) in [5.74, 6) is -0.767. The number of nitrogens with one attached hydrogen (secondary N) is 1. The van der Waals surface area contributed by atoms with Crippen molar-refractivity contribution in [3.05, 3.63) is 35.9 Å². The standard InChI is InChI=1S/C16H23NO3/c1-16(2,9-8-15(19)20)10-11-17-14(18)12-13-6-4-3-5-7-13/h3-7H,8-12H2,1-2H3,(H,17,18)(H,19,20). The number of carboxylic acid groups (broad SMARTS) is 1. The van der Waals surface area contributed by atoms with Gasteiger partial charge in [-0.1, -0.05) is 44.2 Å². The van der Waals surface area contributed by atoms with Crippen LogP contribution in [0.1, 0.15) is 38.7 Å². The Labute approximate surface area is 120 Å². The first-order valence-electron chi connectivity index (χ1n) is 6.91. The quantitative estimate of drug-likeness (QED) is 0.767. The SMILES string of the molecule is CC(C)(CCNC(=O)Cc1ccccc1)CCC(=O)O. The number of carboxylic acids is 1. The second-order valence-corrected chi connectivity index (χ2v) is 5.82. The van der Waals surface area contributed by atoms with E-state index in [-0.39, 0.29) is 17.7 Å². The van der Waals surface area contributed by atoms with E-state index in [1.54, 1.807) is 0 Å². The highest BCUT2D eigenvalue weighted by Crippen LogP contribution is 2.25. The number of hydrogen-bond donors (Lipinski definition) is 2. The van der Waals surface area contributed by atoms with Crippen molar-refractivity contribution in [1.82, 2.24) is 5.32 Å². The summed E-state index contributed by atoms with van der Waals surface area (Å²) in [7, 11) is 0. The highest BCUT2D eigenvalue weighted by atomic mass is 16.4. The summed E-state index contributed by atoms with van der Waals surface area (Å²) in [5.41, 5.74) is 0.924. The van der Waals surface area contributed by atoms with E-state index in [1.165, 1.54) is 0 Å². The molecule has 0 aliphatic heterocycles. The fourth-order valence-electron chi connectivity index (χ4n) is 1.95. The third kappa shape index (κ3) is 6.92. The number of hydrogen-bond acceptors (Lipinski definition) is 2. The molecule has 0 unspecified atom stereocenters. The molecule has 1 rings (SSSR count). The minimum atomic E-state index is -0.772. The van der Waals surface area contributed by atoms with Crippen molar-refractivity contribution >= 4 is 11.9 Å². The summed E-state index contributed by atoms with van der Waals surface area (Å²) in [6, 6.07) is 9.61. The van der Waals surface area contributed by atoms with Crippen LogP contribution in [0.3, 0.4) is 0 Å². The Morgan fingerprint density at radius 2 is 1.80 bits per heavy atom. The summed E-state index contributed by atoms with van der Waals surface area (Å²) >= 11 is 0. The van der Waals surface area contributed by atoms with Gasteiger partial charge in [-0.15, -0.1) is 0 Å². The van der Waals surface area contributed by atoms with E-state index in [0.717, 1.165) is 12.0 Å². The highest BCUT2D eigenvalue weighted by Gasteiger charge is 2.19. The maximum absolute atomic E-state index is 11.8. The molecule has 2 N–H and O–H groups in total. The molecule has 0 fully saturated rings. The third-order valence-corrected chi connectivity index (χ3v) is 3.35. The lowest BCUT2D eigenvalue weighted by molar-refractivity contribution is -0.137. The Bertz CT molecular complexity index is 440. The van der Waals surface area contributed by atoms with Crippen LogP contribution in [0.5, 0.6) is 0 Å². The molecule has 0 aliphatic carbocycles. The molecule has 0 saturated carbocycles. The van der Waals surface area contributed by atoms with Gasteiger partial charge in [-0.3, -0.25) is 9.59 Å². The van der Waals surface area contributed by atoms with Gasteiger partial charge in [0, 0.05) is 13.0 Å². The Morgan fingerprint density at radius 3 is 2.40 bits per heavy atom. The number of aliphatic carboxylic acids is 1. The first kappa shape index (κ1) is 16.2. The van der Waals surface area contributed by atoms with E-state index in [9.17, 15) is 9.59 Å². The molecule has 0 atom stereocenters. The number of amides is 1. The van der Waals surface area contributed by atoms with Crippen LogP contribution in [-0.4, -0.2) is 23.5 Å². The van der Waals surface area contributed by atoms with Gasteiger partial charge in [0.15, 0.2) is 0 Å². The molecule has 0 saturated heterocycles. The minimum absolute atomic E-state index is 0.00485. The highest BCUT2D eigenvalue weighted by molar-refractivity contribution is 5.78. The van der Waals surface area contributed by atoms with Crippen LogP contribution in [0.15, 0.2) is 30.3 Å². The van der Waals surface area contributed by atoms with Gasteiger partial charge in [0.05, 0.1) is 6.42 Å². The predicted octanol–water partition coefficient (Wildman–Crippen LogP) is 2.63. The molecule has 0 heterocycles. The average Bonchev–Trinajstić information content (AvgIpc) is 2.37. The van der Waals surface area contributed by atoms with E-state index in [2.05, 4.69) is 5.32 Å². The van der Waals surface area contributed by atoms with Gasteiger partial charge in [0.1, 0.15) is 0 Å². The van der Waals surface area contributed by atoms with E-state index in [4.69, 9.17) is 5.11 Å². The van der Waals surface area contributed by atoms with E-state index in [1.807, 2.05) is 44.2 Å². The Balaban J connectivity index is 2.26. The zero-order valence-corrected chi connectivity index (χ0v) is 12.2. The van der Waals surface area contributed by atoms with Crippen molar-refractivity contribution < 1.29 is 14.7 Å². The predicted molar refractivity (Wildman–Crippen MR) is 78.4 cm³/mol. The molecule has 0 aromatic heterocycles. The van der Waals surface area contributed by atoms with Crippen molar-refractivity contribution in [1.29, 1.82) is 0 Å². The molecule has 0 radical (unpaired) electrons. The third-order valence-electron chi connectivity index (χ3n) is 3.35. The lowest BCUT2D eigenvalue weighted by Crippen LogP contribution is -2.29.